The van der Waals surface area contributed by atoms with E-state index in [1.807, 2.05) is 60.7 Å². The molecule has 0 heterocycles. The number of benzene rings is 2. The Balaban J connectivity index is 2.21. The fraction of sp³-hybridized carbons (Fsp3) is 0.133. The van der Waals surface area contributed by atoms with Gasteiger partial charge in [-0.2, -0.15) is 0 Å². The second kappa shape index (κ2) is 6.56. The van der Waals surface area contributed by atoms with Gasteiger partial charge in [-0.1, -0.05) is 36.4 Å². The smallest absolute Gasteiger partial charge is 0.223 e. The number of anilines is 2. The summed E-state index contributed by atoms with van der Waals surface area (Å²) in [5, 5.41) is 1.15. The van der Waals surface area contributed by atoms with Crippen molar-refractivity contribution in [1.82, 2.24) is 5.01 Å². The van der Waals surface area contributed by atoms with Crippen LogP contribution in [0.1, 0.15) is 0 Å². The molecule has 2 aromatic carbocycles. The molecular formula is C15H17N3O. The van der Waals surface area contributed by atoms with Crippen LogP contribution in [-0.4, -0.2) is 24.5 Å². The third-order valence-electron chi connectivity index (χ3n) is 2.85. The van der Waals surface area contributed by atoms with Gasteiger partial charge in [-0.15, -0.1) is 0 Å². The van der Waals surface area contributed by atoms with E-state index < -0.39 is 0 Å². The Morgan fingerprint density at radius 2 is 1.32 bits per heavy atom. The van der Waals surface area contributed by atoms with Crippen LogP contribution in [0.4, 0.5) is 11.4 Å². The Morgan fingerprint density at radius 1 is 0.842 bits per heavy atom. The Kier molecular flexibility index (Phi) is 4.53. The van der Waals surface area contributed by atoms with Gasteiger partial charge in [0.05, 0.1) is 6.54 Å². The van der Waals surface area contributed by atoms with Crippen LogP contribution in [-0.2, 0) is 4.79 Å². The molecule has 0 aliphatic rings. The predicted octanol–water partition coefficient (Wildman–Crippen LogP) is 2.16. The van der Waals surface area contributed by atoms with E-state index in [1.165, 1.54) is 0 Å². The van der Waals surface area contributed by atoms with Gasteiger partial charge in [0.1, 0.15) is 0 Å². The quantitative estimate of drug-likeness (QED) is 0.372. The molecule has 0 unspecified atom stereocenters. The lowest BCUT2D eigenvalue weighted by Gasteiger charge is -2.26. The highest BCUT2D eigenvalue weighted by Crippen LogP contribution is 2.24. The van der Waals surface area contributed by atoms with E-state index in [4.69, 9.17) is 5.84 Å². The van der Waals surface area contributed by atoms with Gasteiger partial charge < -0.3 is 4.90 Å². The van der Waals surface area contributed by atoms with Gasteiger partial charge in [0.2, 0.25) is 6.41 Å². The van der Waals surface area contributed by atoms with Crippen LogP contribution in [0.3, 0.4) is 0 Å². The van der Waals surface area contributed by atoms with Gasteiger partial charge >= 0.3 is 0 Å². The van der Waals surface area contributed by atoms with Crippen LogP contribution in [0.25, 0.3) is 0 Å². The molecule has 2 rings (SSSR count). The number of amides is 1. The predicted molar refractivity (Wildman–Crippen MR) is 76.8 cm³/mol. The van der Waals surface area contributed by atoms with Gasteiger partial charge in [-0.3, -0.25) is 9.80 Å². The summed E-state index contributed by atoms with van der Waals surface area (Å²) in [7, 11) is 0. The molecule has 0 aromatic heterocycles. The van der Waals surface area contributed by atoms with Crippen molar-refractivity contribution in [2.75, 3.05) is 18.0 Å². The zero-order valence-electron chi connectivity index (χ0n) is 10.6. The largest absolute Gasteiger partial charge is 0.340 e. The lowest BCUT2D eigenvalue weighted by Crippen LogP contribution is -2.36. The Bertz CT molecular complexity index is 462. The molecule has 0 saturated heterocycles. The van der Waals surface area contributed by atoms with E-state index in [1.54, 1.807) is 0 Å². The van der Waals surface area contributed by atoms with E-state index in [-0.39, 0.29) is 0 Å². The van der Waals surface area contributed by atoms with Crippen LogP contribution in [0.2, 0.25) is 0 Å². The first kappa shape index (κ1) is 13.1. The van der Waals surface area contributed by atoms with Crippen LogP contribution >= 0.6 is 0 Å². The standard InChI is InChI=1S/C15H17N3O/c16-17(13-19)11-12-18(14-7-3-1-4-8-14)15-9-5-2-6-10-15/h1-10,13H,11-12,16H2. The number of carbonyl (C=O) groups excluding carboxylic acids is 1. The molecule has 0 radical (unpaired) electrons. The highest BCUT2D eigenvalue weighted by Gasteiger charge is 2.09. The van der Waals surface area contributed by atoms with Gasteiger partial charge in [-0.25, -0.2) is 5.84 Å². The van der Waals surface area contributed by atoms with E-state index in [0.29, 0.717) is 19.5 Å². The second-order valence-electron chi connectivity index (χ2n) is 4.17. The van der Waals surface area contributed by atoms with Crippen LogP contribution in [0.15, 0.2) is 60.7 Å². The van der Waals surface area contributed by atoms with E-state index in [9.17, 15) is 4.79 Å². The summed E-state index contributed by atoms with van der Waals surface area (Å²) in [6.07, 6.45) is 0.633. The summed E-state index contributed by atoms with van der Waals surface area (Å²) in [6, 6.07) is 20.1. The van der Waals surface area contributed by atoms with Crippen LogP contribution in [0.5, 0.6) is 0 Å². The first-order chi connectivity index (χ1) is 9.31. The number of hydrogen-bond acceptors (Lipinski definition) is 3. The van der Waals surface area contributed by atoms with Crippen molar-refractivity contribution in [3.05, 3.63) is 60.7 Å². The molecule has 0 saturated carbocycles. The van der Waals surface area contributed by atoms with Gasteiger partial charge in [0.25, 0.3) is 0 Å². The molecule has 0 aliphatic carbocycles. The third-order valence-corrected chi connectivity index (χ3v) is 2.85. The van der Waals surface area contributed by atoms with E-state index >= 15 is 0 Å². The van der Waals surface area contributed by atoms with Crippen LogP contribution in [0, 0.1) is 0 Å². The molecular weight excluding hydrogens is 238 g/mol. The first-order valence-electron chi connectivity index (χ1n) is 6.15. The minimum absolute atomic E-state index is 0.466. The monoisotopic (exact) mass is 255 g/mol. The Hall–Kier alpha value is -2.33. The average molecular weight is 255 g/mol. The lowest BCUT2D eigenvalue weighted by atomic mass is 10.2. The zero-order valence-corrected chi connectivity index (χ0v) is 10.6. The summed E-state index contributed by atoms with van der Waals surface area (Å²) in [4.78, 5) is 12.7. The molecule has 2 aromatic rings. The average Bonchev–Trinajstić information content (AvgIpc) is 2.49. The summed E-state index contributed by atoms with van der Waals surface area (Å²) < 4.78 is 0. The van der Waals surface area contributed by atoms with Crippen molar-refractivity contribution in [3.63, 3.8) is 0 Å². The van der Waals surface area contributed by atoms with Crippen molar-refractivity contribution in [1.29, 1.82) is 0 Å². The number of rotatable bonds is 6. The fourth-order valence-electron chi connectivity index (χ4n) is 1.89. The van der Waals surface area contributed by atoms with Crippen molar-refractivity contribution in [2.24, 2.45) is 5.84 Å². The molecule has 19 heavy (non-hydrogen) atoms. The maximum atomic E-state index is 10.6. The van der Waals surface area contributed by atoms with Crippen molar-refractivity contribution >= 4 is 17.8 Å². The normalized spacial score (nSPS) is 9.95. The highest BCUT2D eigenvalue weighted by molar-refractivity contribution is 5.63. The molecule has 0 spiro atoms. The Morgan fingerprint density at radius 3 is 1.74 bits per heavy atom. The second-order valence-corrected chi connectivity index (χ2v) is 4.17. The van der Waals surface area contributed by atoms with Gasteiger partial charge in [0, 0.05) is 17.9 Å². The van der Waals surface area contributed by atoms with Crippen molar-refractivity contribution < 1.29 is 4.79 Å². The summed E-state index contributed by atoms with van der Waals surface area (Å²) in [5.41, 5.74) is 2.15. The van der Waals surface area contributed by atoms with Crippen LogP contribution < -0.4 is 10.7 Å². The molecule has 4 heteroatoms. The molecule has 4 nitrogen and oxygen atoms in total. The highest BCUT2D eigenvalue weighted by atomic mass is 16.1. The maximum Gasteiger partial charge on any atom is 0.223 e. The molecule has 0 fully saturated rings. The van der Waals surface area contributed by atoms with Crippen molar-refractivity contribution in [2.45, 2.75) is 0 Å². The Labute approximate surface area is 113 Å². The summed E-state index contributed by atoms with van der Waals surface area (Å²) >= 11 is 0. The number of hydrogen-bond donors (Lipinski definition) is 1. The number of nitrogens with two attached hydrogens (primary N) is 1. The molecule has 1 amide bonds. The third kappa shape index (κ3) is 3.56. The number of carbonyl (C=O) groups is 1. The van der Waals surface area contributed by atoms with E-state index in [2.05, 4.69) is 4.90 Å². The summed E-state index contributed by atoms with van der Waals surface area (Å²) in [5.74, 6) is 5.52. The van der Waals surface area contributed by atoms with E-state index in [0.717, 1.165) is 16.4 Å². The molecule has 0 atom stereocenters. The molecule has 2 N–H and O–H groups in total. The SMILES string of the molecule is NN(C=O)CCN(c1ccccc1)c1ccccc1. The van der Waals surface area contributed by atoms with Gasteiger partial charge in [-0.05, 0) is 24.3 Å². The fourth-order valence-corrected chi connectivity index (χ4v) is 1.89. The minimum atomic E-state index is 0.466. The number of hydrazine groups is 1. The number of nitrogens with zero attached hydrogens (tertiary/aromatic N) is 2. The zero-order chi connectivity index (χ0) is 13.5. The topological polar surface area (TPSA) is 49.6 Å². The molecule has 98 valence electrons. The minimum Gasteiger partial charge on any atom is -0.340 e. The van der Waals surface area contributed by atoms with Gasteiger partial charge in [0.15, 0.2) is 0 Å². The molecule has 0 aliphatic heterocycles. The number of para-hydroxylation sites is 2. The summed E-state index contributed by atoms with van der Waals surface area (Å²) in [6.45, 7) is 1.11. The molecule has 0 bridgehead atoms. The van der Waals surface area contributed by atoms with Crippen molar-refractivity contribution in [3.8, 4) is 0 Å². The maximum absolute atomic E-state index is 10.6. The lowest BCUT2D eigenvalue weighted by molar-refractivity contribution is -0.118. The first-order valence-corrected chi connectivity index (χ1v) is 6.15.